The smallest absolute Gasteiger partial charge is 0.306 e. The van der Waals surface area contributed by atoms with E-state index in [4.69, 9.17) is 18.9 Å². The monoisotopic (exact) mass is 1110 g/mol. The molecule has 0 amide bonds. The number of carbonyl (C=O) groups excluding carboxylic acids is 3. The van der Waals surface area contributed by atoms with Gasteiger partial charge in [0.1, 0.15) is 13.2 Å². The van der Waals surface area contributed by atoms with E-state index in [2.05, 4.69) is 62.5 Å². The molecule has 0 spiro atoms. The van der Waals surface area contributed by atoms with Crippen LogP contribution in [-0.4, -0.2) is 82.3 Å². The van der Waals surface area contributed by atoms with Gasteiger partial charge in [-0.1, -0.05) is 306 Å². The van der Waals surface area contributed by atoms with Crippen molar-refractivity contribution in [1.82, 2.24) is 0 Å². The second kappa shape index (κ2) is 61.3. The number of carbonyl (C=O) groups is 3. The van der Waals surface area contributed by atoms with Gasteiger partial charge in [0.15, 0.2) is 12.4 Å². The molecule has 0 aromatic carbocycles. The van der Waals surface area contributed by atoms with Crippen molar-refractivity contribution < 1.29 is 42.9 Å². The van der Waals surface area contributed by atoms with Crippen LogP contribution in [0.15, 0.2) is 48.6 Å². The topological polar surface area (TPSA) is 111 Å². The van der Waals surface area contributed by atoms with Crippen LogP contribution in [0, 0.1) is 0 Å². The third kappa shape index (κ3) is 62.7. The Bertz CT molecular complexity index is 1430. The molecule has 0 rings (SSSR count). The van der Waals surface area contributed by atoms with Crippen LogP contribution >= 0.6 is 0 Å². The molecule has 0 saturated heterocycles. The molecule has 0 heterocycles. The number of unbranched alkanes of at least 4 members (excludes halogenated alkanes) is 40. The molecule has 2 atom stereocenters. The van der Waals surface area contributed by atoms with Gasteiger partial charge in [-0.05, 0) is 51.4 Å². The van der Waals surface area contributed by atoms with E-state index >= 15 is 0 Å². The SMILES string of the molecule is CC/C=C\C/C=C\C/C=C\C/C=C\CCCCCCCCCCCCC(=O)OC(COC(=O)CCCCCCCCCCCCCCCCCCCCCCCCCCCCCCCCC)COC(OCC[N+](C)(C)C)C(=O)[O-]. The van der Waals surface area contributed by atoms with E-state index in [1.807, 2.05) is 21.1 Å². The van der Waals surface area contributed by atoms with E-state index < -0.39 is 24.3 Å². The Labute approximate surface area is 489 Å². The van der Waals surface area contributed by atoms with Gasteiger partial charge in [-0.25, -0.2) is 0 Å². The summed E-state index contributed by atoms with van der Waals surface area (Å²) in [4.78, 5) is 37.4. The number of carboxylic acid groups (broad SMARTS) is 1. The molecule has 2 unspecified atom stereocenters. The number of likely N-dealkylation sites (N-methyl/N-ethyl adjacent to an activating group) is 1. The minimum absolute atomic E-state index is 0.147. The number of rotatable bonds is 63. The van der Waals surface area contributed by atoms with Crippen molar-refractivity contribution in [1.29, 1.82) is 0 Å². The third-order valence-electron chi connectivity index (χ3n) is 15.1. The molecule has 0 bridgehead atoms. The Morgan fingerprint density at radius 1 is 0.392 bits per heavy atom. The molecule has 0 fully saturated rings. The highest BCUT2D eigenvalue weighted by Crippen LogP contribution is 2.18. The molecule has 0 N–H and O–H groups in total. The number of quaternary nitrogens is 1. The number of nitrogens with zero attached hydrogens (tertiary/aromatic N) is 1. The summed E-state index contributed by atoms with van der Waals surface area (Å²) in [5, 5.41) is 11.8. The minimum atomic E-state index is -1.62. The van der Waals surface area contributed by atoms with Gasteiger partial charge >= 0.3 is 11.9 Å². The largest absolute Gasteiger partial charge is 0.545 e. The molecule has 0 aliphatic heterocycles. The number of aliphatic carboxylic acids is 1. The quantitative estimate of drug-likeness (QED) is 0.0195. The Morgan fingerprint density at radius 2 is 0.722 bits per heavy atom. The fourth-order valence-electron chi connectivity index (χ4n) is 9.94. The molecular formula is C70H129NO8. The first kappa shape index (κ1) is 76.2. The van der Waals surface area contributed by atoms with Gasteiger partial charge in [0.25, 0.3) is 0 Å². The lowest BCUT2D eigenvalue weighted by molar-refractivity contribution is -0.870. The van der Waals surface area contributed by atoms with Crippen molar-refractivity contribution in [2.24, 2.45) is 0 Å². The zero-order chi connectivity index (χ0) is 57.6. The number of esters is 2. The van der Waals surface area contributed by atoms with Crippen molar-refractivity contribution >= 4 is 17.9 Å². The first-order valence-corrected chi connectivity index (χ1v) is 33.8. The maximum absolute atomic E-state index is 12.9. The van der Waals surface area contributed by atoms with Crippen LogP contribution in [-0.2, 0) is 33.3 Å². The van der Waals surface area contributed by atoms with E-state index in [-0.39, 0.29) is 32.2 Å². The lowest BCUT2D eigenvalue weighted by atomic mass is 10.0. The van der Waals surface area contributed by atoms with Crippen LogP contribution in [0.5, 0.6) is 0 Å². The molecule has 0 radical (unpaired) electrons. The first-order valence-electron chi connectivity index (χ1n) is 33.8. The molecular weight excluding hydrogens is 983 g/mol. The maximum atomic E-state index is 12.9. The summed E-state index contributed by atoms with van der Waals surface area (Å²) in [5.41, 5.74) is 0. The Morgan fingerprint density at radius 3 is 1.08 bits per heavy atom. The molecule has 0 saturated carbocycles. The zero-order valence-electron chi connectivity index (χ0n) is 52.8. The molecule has 0 aromatic heterocycles. The molecule has 0 aliphatic rings. The fourth-order valence-corrected chi connectivity index (χ4v) is 9.94. The van der Waals surface area contributed by atoms with Gasteiger partial charge in [0.2, 0.25) is 0 Å². The van der Waals surface area contributed by atoms with Crippen LogP contribution in [0.25, 0.3) is 0 Å². The number of hydrogen-bond acceptors (Lipinski definition) is 8. The van der Waals surface area contributed by atoms with Crippen LogP contribution in [0.2, 0.25) is 0 Å². The number of ether oxygens (including phenoxy) is 4. The van der Waals surface area contributed by atoms with Crippen LogP contribution in [0.3, 0.4) is 0 Å². The summed E-state index contributed by atoms with van der Waals surface area (Å²) in [6.07, 6.45) is 74.8. The van der Waals surface area contributed by atoms with Gasteiger partial charge in [0, 0.05) is 12.8 Å². The van der Waals surface area contributed by atoms with Crippen LogP contribution in [0.1, 0.15) is 322 Å². The summed E-state index contributed by atoms with van der Waals surface area (Å²) in [6, 6.07) is 0. The van der Waals surface area contributed by atoms with E-state index in [1.54, 1.807) is 0 Å². The maximum Gasteiger partial charge on any atom is 0.306 e. The Balaban J connectivity index is 4.08. The second-order valence-corrected chi connectivity index (χ2v) is 24.1. The molecule has 0 aliphatic carbocycles. The van der Waals surface area contributed by atoms with Gasteiger partial charge < -0.3 is 33.3 Å². The Kier molecular flexibility index (Phi) is 59.2. The standard InChI is InChI=1S/C70H129NO8/c1-6-8-10-12-14-16-18-20-22-24-26-28-30-31-32-33-34-35-36-37-39-40-42-44-46-48-50-52-54-56-58-60-67(72)77-64-66(65-78-70(69(74)75)76-63-62-71(3,4)5)79-68(73)61-59-57-55-53-51-49-47-45-43-41-38-29-27-25-23-21-19-17-15-13-11-9-7-2/h9,11,15,17,21,23,27,29,66,70H,6-8,10,12-14,16,18-20,22,24-26,28,30-65H2,1-5H3/b11-9-,17-15-,23-21-,29-27-. The highest BCUT2D eigenvalue weighted by Gasteiger charge is 2.22. The van der Waals surface area contributed by atoms with E-state index in [1.165, 1.54) is 218 Å². The first-order chi connectivity index (χ1) is 38.6. The van der Waals surface area contributed by atoms with Crippen molar-refractivity contribution in [3.8, 4) is 0 Å². The predicted octanol–water partition coefficient (Wildman–Crippen LogP) is 19.2. The summed E-state index contributed by atoms with van der Waals surface area (Å²) >= 11 is 0. The lowest BCUT2D eigenvalue weighted by Crippen LogP contribution is -2.44. The van der Waals surface area contributed by atoms with Crippen molar-refractivity contribution in [3.63, 3.8) is 0 Å². The lowest BCUT2D eigenvalue weighted by Gasteiger charge is -2.26. The fraction of sp³-hybridized carbons (Fsp3) is 0.843. The predicted molar refractivity (Wildman–Crippen MR) is 334 cm³/mol. The van der Waals surface area contributed by atoms with Gasteiger partial charge in [-0.3, -0.25) is 9.59 Å². The Hall–Kier alpha value is -2.75. The summed E-state index contributed by atoms with van der Waals surface area (Å²) < 4.78 is 22.8. The number of allylic oxidation sites excluding steroid dienone is 8. The van der Waals surface area contributed by atoms with Crippen LogP contribution in [0.4, 0.5) is 0 Å². The van der Waals surface area contributed by atoms with Gasteiger partial charge in [0.05, 0.1) is 40.3 Å². The molecule has 9 nitrogen and oxygen atoms in total. The van der Waals surface area contributed by atoms with E-state index in [9.17, 15) is 19.5 Å². The minimum Gasteiger partial charge on any atom is -0.545 e. The summed E-state index contributed by atoms with van der Waals surface area (Å²) in [7, 11) is 5.93. The molecule has 0 aromatic rings. The third-order valence-corrected chi connectivity index (χ3v) is 15.1. The normalized spacial score (nSPS) is 13.0. The summed E-state index contributed by atoms with van der Waals surface area (Å²) in [6.45, 7) is 4.68. The highest BCUT2D eigenvalue weighted by molar-refractivity contribution is 5.70. The zero-order valence-corrected chi connectivity index (χ0v) is 52.8. The number of hydrogen-bond donors (Lipinski definition) is 0. The van der Waals surface area contributed by atoms with Gasteiger partial charge in [-0.15, -0.1) is 0 Å². The van der Waals surface area contributed by atoms with Gasteiger partial charge in [-0.2, -0.15) is 0 Å². The van der Waals surface area contributed by atoms with Crippen molar-refractivity contribution in [2.45, 2.75) is 334 Å². The summed E-state index contributed by atoms with van der Waals surface area (Å²) in [5.74, 6) is -2.27. The molecule has 79 heavy (non-hydrogen) atoms. The second-order valence-electron chi connectivity index (χ2n) is 24.1. The molecule has 462 valence electrons. The average Bonchev–Trinajstić information content (AvgIpc) is 3.42. The van der Waals surface area contributed by atoms with Crippen molar-refractivity contribution in [2.75, 3.05) is 47.5 Å². The average molecular weight is 1110 g/mol. The van der Waals surface area contributed by atoms with E-state index in [0.717, 1.165) is 70.6 Å². The van der Waals surface area contributed by atoms with Crippen molar-refractivity contribution in [3.05, 3.63) is 48.6 Å². The highest BCUT2D eigenvalue weighted by atomic mass is 16.7. The van der Waals surface area contributed by atoms with E-state index in [0.29, 0.717) is 23.9 Å². The van der Waals surface area contributed by atoms with Crippen LogP contribution < -0.4 is 5.11 Å². The number of carboxylic acids is 1. The molecule has 9 heteroatoms.